The highest BCUT2D eigenvalue weighted by molar-refractivity contribution is 7.93. The van der Waals surface area contributed by atoms with Crippen LogP contribution in [0.25, 0.3) is 11.3 Å². The van der Waals surface area contributed by atoms with Crippen LogP contribution in [-0.2, 0) is 10.0 Å². The van der Waals surface area contributed by atoms with Gasteiger partial charge in [-0.25, -0.2) is 27.2 Å². The van der Waals surface area contributed by atoms with Crippen molar-refractivity contribution in [3.05, 3.63) is 59.2 Å². The SMILES string of the molecule is Cc1cc(C(F)F)nc(C)c1Oc1nc(-c2cncc(C#N)c2)ccc1NS(=O)(=O)C1CC1. The van der Waals surface area contributed by atoms with Gasteiger partial charge in [-0.1, -0.05) is 0 Å². The lowest BCUT2D eigenvalue weighted by Crippen LogP contribution is -2.18. The number of hydrogen-bond donors (Lipinski definition) is 1. The fraction of sp³-hybridized carbons (Fsp3) is 0.273. The Morgan fingerprint density at radius 1 is 1.18 bits per heavy atom. The van der Waals surface area contributed by atoms with E-state index in [1.54, 1.807) is 19.1 Å². The van der Waals surface area contributed by atoms with E-state index in [1.807, 2.05) is 6.07 Å². The van der Waals surface area contributed by atoms with E-state index in [0.717, 1.165) is 0 Å². The minimum atomic E-state index is -3.62. The minimum Gasteiger partial charge on any atom is -0.435 e. The number of nitrogens with one attached hydrogen (secondary N) is 1. The summed E-state index contributed by atoms with van der Waals surface area (Å²) >= 11 is 0. The molecule has 3 aromatic heterocycles. The van der Waals surface area contributed by atoms with E-state index in [0.29, 0.717) is 35.2 Å². The molecule has 0 bridgehead atoms. The molecule has 0 spiro atoms. The Morgan fingerprint density at radius 3 is 2.58 bits per heavy atom. The molecule has 3 aromatic rings. The lowest BCUT2D eigenvalue weighted by Gasteiger charge is -2.16. The normalized spacial score (nSPS) is 13.6. The minimum absolute atomic E-state index is 0.0723. The van der Waals surface area contributed by atoms with Gasteiger partial charge in [0.15, 0.2) is 5.75 Å². The Hall–Kier alpha value is -3.65. The standard InChI is InChI=1S/C22H19F2N5O3S/c1-12-7-19(21(23)24)27-13(2)20(12)32-22-18(29-33(30,31)16-3-4-16)6-5-17(28-22)15-8-14(9-25)10-26-11-15/h5-8,10-11,16,21,29H,3-4H2,1-2H3. The Kier molecular flexibility index (Phi) is 5.95. The van der Waals surface area contributed by atoms with Crippen molar-refractivity contribution in [2.45, 2.75) is 38.4 Å². The summed E-state index contributed by atoms with van der Waals surface area (Å²) in [6, 6.07) is 7.88. The zero-order valence-electron chi connectivity index (χ0n) is 17.7. The maximum Gasteiger partial charge on any atom is 0.280 e. The number of nitrogens with zero attached hydrogens (tertiary/aromatic N) is 4. The summed E-state index contributed by atoms with van der Waals surface area (Å²) in [6.45, 7) is 3.11. The first kappa shape index (κ1) is 22.5. The molecule has 1 fully saturated rings. The predicted octanol–water partition coefficient (Wildman–Crippen LogP) is 4.66. The molecule has 33 heavy (non-hydrogen) atoms. The highest BCUT2D eigenvalue weighted by atomic mass is 32.2. The van der Waals surface area contributed by atoms with Gasteiger partial charge in [-0.15, -0.1) is 0 Å². The third kappa shape index (κ3) is 4.90. The van der Waals surface area contributed by atoms with Gasteiger partial charge < -0.3 is 4.74 Å². The van der Waals surface area contributed by atoms with Gasteiger partial charge in [0.05, 0.1) is 22.2 Å². The molecule has 1 aliphatic rings. The third-order valence-corrected chi connectivity index (χ3v) is 6.86. The van der Waals surface area contributed by atoms with Crippen molar-refractivity contribution in [2.24, 2.45) is 0 Å². The van der Waals surface area contributed by atoms with E-state index >= 15 is 0 Å². The molecule has 1 aliphatic carbocycles. The summed E-state index contributed by atoms with van der Waals surface area (Å²) in [7, 11) is -3.62. The molecule has 0 amide bonds. The fourth-order valence-corrected chi connectivity index (χ4v) is 4.61. The van der Waals surface area contributed by atoms with Crippen LogP contribution in [0.4, 0.5) is 14.5 Å². The molecule has 0 atom stereocenters. The van der Waals surface area contributed by atoms with Gasteiger partial charge in [0, 0.05) is 18.0 Å². The number of pyridine rings is 3. The molecule has 0 radical (unpaired) electrons. The van der Waals surface area contributed by atoms with Crippen molar-refractivity contribution in [3.63, 3.8) is 0 Å². The monoisotopic (exact) mass is 471 g/mol. The summed E-state index contributed by atoms with van der Waals surface area (Å²) < 4.78 is 59.7. The molecule has 1 N–H and O–H groups in total. The highest BCUT2D eigenvalue weighted by Gasteiger charge is 2.36. The van der Waals surface area contributed by atoms with Crippen molar-refractivity contribution >= 4 is 15.7 Å². The quantitative estimate of drug-likeness (QED) is 0.532. The topological polar surface area (TPSA) is 118 Å². The maximum absolute atomic E-state index is 13.1. The van der Waals surface area contributed by atoms with Crippen LogP contribution in [0.1, 0.15) is 41.8 Å². The van der Waals surface area contributed by atoms with Crippen molar-refractivity contribution in [1.29, 1.82) is 5.26 Å². The van der Waals surface area contributed by atoms with Crippen LogP contribution in [0, 0.1) is 25.2 Å². The largest absolute Gasteiger partial charge is 0.435 e. The van der Waals surface area contributed by atoms with E-state index in [9.17, 15) is 17.2 Å². The number of aromatic nitrogens is 3. The van der Waals surface area contributed by atoms with Crippen LogP contribution < -0.4 is 9.46 Å². The number of sulfonamides is 1. The Labute approximate surface area is 189 Å². The second-order valence-electron chi connectivity index (χ2n) is 7.65. The van der Waals surface area contributed by atoms with Gasteiger partial charge >= 0.3 is 0 Å². The predicted molar refractivity (Wildman–Crippen MR) is 116 cm³/mol. The van der Waals surface area contributed by atoms with Crippen LogP contribution in [0.5, 0.6) is 11.6 Å². The van der Waals surface area contributed by atoms with Gasteiger partial charge in [-0.3, -0.25) is 9.71 Å². The van der Waals surface area contributed by atoms with E-state index in [1.165, 1.54) is 31.5 Å². The average molecular weight is 471 g/mol. The van der Waals surface area contributed by atoms with Gasteiger partial charge in [-0.05, 0) is 56.5 Å². The maximum atomic E-state index is 13.1. The first-order chi connectivity index (χ1) is 15.7. The Bertz CT molecular complexity index is 1350. The molecule has 8 nitrogen and oxygen atoms in total. The summed E-state index contributed by atoms with van der Waals surface area (Å²) in [5.41, 5.74) is 1.57. The molecule has 0 aromatic carbocycles. The van der Waals surface area contributed by atoms with Crippen LogP contribution in [0.15, 0.2) is 36.7 Å². The van der Waals surface area contributed by atoms with Crippen molar-refractivity contribution in [1.82, 2.24) is 15.0 Å². The van der Waals surface area contributed by atoms with Gasteiger partial charge in [0.2, 0.25) is 15.9 Å². The lowest BCUT2D eigenvalue weighted by molar-refractivity contribution is 0.145. The zero-order valence-corrected chi connectivity index (χ0v) is 18.5. The molecule has 1 saturated carbocycles. The first-order valence-corrected chi connectivity index (χ1v) is 11.5. The van der Waals surface area contributed by atoms with Crippen molar-refractivity contribution < 1.29 is 21.9 Å². The van der Waals surface area contributed by atoms with Crippen LogP contribution in [0.3, 0.4) is 0 Å². The zero-order chi connectivity index (χ0) is 23.8. The van der Waals surface area contributed by atoms with Crippen LogP contribution in [0.2, 0.25) is 0 Å². The number of aryl methyl sites for hydroxylation is 2. The van der Waals surface area contributed by atoms with E-state index in [-0.39, 0.29) is 28.7 Å². The van der Waals surface area contributed by atoms with Gasteiger partial charge in [0.25, 0.3) is 6.43 Å². The molecule has 0 unspecified atom stereocenters. The second kappa shape index (κ2) is 8.71. The summed E-state index contributed by atoms with van der Waals surface area (Å²) in [6.07, 6.45) is 1.32. The smallest absolute Gasteiger partial charge is 0.280 e. The van der Waals surface area contributed by atoms with Crippen LogP contribution in [-0.4, -0.2) is 28.6 Å². The number of halogens is 2. The average Bonchev–Trinajstić information content (AvgIpc) is 3.63. The third-order valence-electron chi connectivity index (χ3n) is 5.01. The molecular formula is C22H19F2N5O3S. The van der Waals surface area contributed by atoms with E-state index < -0.39 is 21.7 Å². The van der Waals surface area contributed by atoms with Crippen molar-refractivity contribution in [3.8, 4) is 29.0 Å². The van der Waals surface area contributed by atoms with Crippen LogP contribution >= 0.6 is 0 Å². The molecule has 0 aliphatic heterocycles. The number of anilines is 1. The number of alkyl halides is 2. The van der Waals surface area contributed by atoms with E-state index in [2.05, 4.69) is 19.7 Å². The van der Waals surface area contributed by atoms with Gasteiger partial charge in [-0.2, -0.15) is 5.26 Å². The fourth-order valence-electron chi connectivity index (χ4n) is 3.23. The molecule has 170 valence electrons. The highest BCUT2D eigenvalue weighted by Crippen LogP contribution is 2.37. The number of ether oxygens (including phenoxy) is 1. The molecular weight excluding hydrogens is 452 g/mol. The summed E-state index contributed by atoms with van der Waals surface area (Å²) in [5.74, 6) is 0.122. The number of hydrogen-bond acceptors (Lipinski definition) is 7. The molecule has 4 rings (SSSR count). The lowest BCUT2D eigenvalue weighted by atomic mass is 10.1. The molecule has 11 heteroatoms. The Morgan fingerprint density at radius 2 is 1.94 bits per heavy atom. The molecule has 0 saturated heterocycles. The van der Waals surface area contributed by atoms with Gasteiger partial charge in [0.1, 0.15) is 17.5 Å². The summed E-state index contributed by atoms with van der Waals surface area (Å²) in [5, 5.41) is 8.66. The number of nitriles is 1. The Balaban J connectivity index is 1.78. The second-order valence-corrected chi connectivity index (χ2v) is 9.61. The first-order valence-electron chi connectivity index (χ1n) is 10.0. The number of rotatable bonds is 7. The molecule has 3 heterocycles. The summed E-state index contributed by atoms with van der Waals surface area (Å²) in [4.78, 5) is 12.3. The van der Waals surface area contributed by atoms with E-state index in [4.69, 9.17) is 10.00 Å². The van der Waals surface area contributed by atoms with Crippen molar-refractivity contribution in [2.75, 3.05) is 4.72 Å².